The first-order valence-corrected chi connectivity index (χ1v) is 10.3. The van der Waals surface area contributed by atoms with Crippen LogP contribution in [0.2, 0.25) is 0 Å². The largest absolute Gasteiger partial charge is 0.416 e. The molecule has 2 aromatic carbocycles. The Morgan fingerprint density at radius 2 is 1.63 bits per heavy atom. The van der Waals surface area contributed by atoms with E-state index in [2.05, 4.69) is 4.72 Å². The van der Waals surface area contributed by atoms with Crippen LogP contribution in [-0.4, -0.2) is 20.4 Å². The van der Waals surface area contributed by atoms with E-state index in [0.29, 0.717) is 18.2 Å². The maximum Gasteiger partial charge on any atom is 0.416 e. The minimum absolute atomic E-state index is 0.368. The standard InChI is InChI=1S/C17H15F5N2O3S.C2H6/c1-9(2)24-28(26,27)13-7-6-12(18)14(15(13)19)16(25)23-11-5-3-4-10(8-11)17(20,21)22;1-2/h3-9,24H,1-2H3,(H,23,25);1-2H3. The highest BCUT2D eigenvalue weighted by Crippen LogP contribution is 2.31. The van der Waals surface area contributed by atoms with Gasteiger partial charge in [0.1, 0.15) is 16.3 Å². The molecule has 2 rings (SSSR count). The summed E-state index contributed by atoms with van der Waals surface area (Å²) in [7, 11) is -4.38. The van der Waals surface area contributed by atoms with Crippen molar-refractivity contribution < 1.29 is 35.2 Å². The van der Waals surface area contributed by atoms with Crippen molar-refractivity contribution >= 4 is 21.6 Å². The zero-order valence-corrected chi connectivity index (χ0v) is 17.4. The number of alkyl halides is 3. The van der Waals surface area contributed by atoms with Crippen molar-refractivity contribution in [1.82, 2.24) is 4.72 Å². The summed E-state index contributed by atoms with van der Waals surface area (Å²) in [6.07, 6.45) is -4.69. The van der Waals surface area contributed by atoms with Gasteiger partial charge in [-0.1, -0.05) is 19.9 Å². The second-order valence-corrected chi connectivity index (χ2v) is 7.73. The van der Waals surface area contributed by atoms with Gasteiger partial charge in [0.05, 0.1) is 5.56 Å². The maximum atomic E-state index is 14.6. The molecule has 0 unspecified atom stereocenters. The van der Waals surface area contributed by atoms with Crippen LogP contribution < -0.4 is 10.0 Å². The lowest BCUT2D eigenvalue weighted by molar-refractivity contribution is -0.137. The molecule has 0 aliphatic carbocycles. The maximum absolute atomic E-state index is 14.6. The summed E-state index contributed by atoms with van der Waals surface area (Å²) >= 11 is 0. The number of nitrogens with one attached hydrogen (secondary N) is 2. The van der Waals surface area contributed by atoms with Crippen molar-refractivity contribution in [3.05, 3.63) is 59.2 Å². The van der Waals surface area contributed by atoms with Gasteiger partial charge >= 0.3 is 6.18 Å². The average molecular weight is 452 g/mol. The van der Waals surface area contributed by atoms with Gasteiger partial charge in [-0.2, -0.15) is 13.2 Å². The van der Waals surface area contributed by atoms with Crippen LogP contribution in [0.4, 0.5) is 27.6 Å². The number of carbonyl (C=O) groups excluding carboxylic acids is 1. The number of amides is 1. The van der Waals surface area contributed by atoms with Gasteiger partial charge in [0.25, 0.3) is 5.91 Å². The Kier molecular flexibility index (Phi) is 8.49. The summed E-state index contributed by atoms with van der Waals surface area (Å²) in [4.78, 5) is 11.3. The van der Waals surface area contributed by atoms with Crippen LogP contribution in [0, 0.1) is 11.6 Å². The molecule has 2 N–H and O–H groups in total. The Balaban J connectivity index is 0.00000218. The lowest BCUT2D eigenvalue weighted by atomic mass is 10.1. The highest BCUT2D eigenvalue weighted by atomic mass is 32.2. The topological polar surface area (TPSA) is 75.3 Å². The Morgan fingerprint density at radius 3 is 2.17 bits per heavy atom. The smallest absolute Gasteiger partial charge is 0.322 e. The normalized spacial score (nSPS) is 11.7. The summed E-state index contributed by atoms with van der Waals surface area (Å²) in [6.45, 7) is 6.94. The van der Waals surface area contributed by atoms with Gasteiger partial charge in [-0.3, -0.25) is 4.79 Å². The van der Waals surface area contributed by atoms with Crippen LogP contribution >= 0.6 is 0 Å². The molecular weight excluding hydrogens is 431 g/mol. The lowest BCUT2D eigenvalue weighted by Crippen LogP contribution is -2.31. The van der Waals surface area contributed by atoms with Gasteiger partial charge in [0, 0.05) is 11.7 Å². The van der Waals surface area contributed by atoms with Crippen LogP contribution in [0.15, 0.2) is 41.3 Å². The van der Waals surface area contributed by atoms with Gasteiger partial charge < -0.3 is 5.32 Å². The summed E-state index contributed by atoms with van der Waals surface area (Å²) in [5.41, 5.74) is -2.68. The fraction of sp³-hybridized carbons (Fsp3) is 0.316. The van der Waals surface area contributed by atoms with Crippen LogP contribution in [0.3, 0.4) is 0 Å². The van der Waals surface area contributed by atoms with E-state index in [0.717, 1.165) is 18.2 Å². The quantitative estimate of drug-likeness (QED) is 0.631. The Labute approximate surface area is 171 Å². The zero-order chi connectivity index (χ0) is 23.3. The van der Waals surface area contributed by atoms with E-state index in [1.807, 2.05) is 19.2 Å². The number of rotatable bonds is 5. The van der Waals surface area contributed by atoms with Crippen molar-refractivity contribution in [3.8, 4) is 0 Å². The summed E-state index contributed by atoms with van der Waals surface area (Å²) in [5.74, 6) is -4.46. The molecule has 0 fully saturated rings. The van der Waals surface area contributed by atoms with E-state index in [1.165, 1.54) is 13.8 Å². The lowest BCUT2D eigenvalue weighted by Gasteiger charge is -2.14. The number of benzene rings is 2. The molecule has 0 saturated carbocycles. The Morgan fingerprint density at radius 1 is 1.03 bits per heavy atom. The number of hydrogen-bond acceptors (Lipinski definition) is 3. The third-order valence-corrected chi connectivity index (χ3v) is 5.09. The van der Waals surface area contributed by atoms with Crippen molar-refractivity contribution in [2.24, 2.45) is 0 Å². The number of anilines is 1. The molecule has 1 amide bonds. The minimum atomic E-state index is -4.69. The van der Waals surface area contributed by atoms with Gasteiger partial charge in [-0.05, 0) is 44.2 Å². The third-order valence-electron chi connectivity index (χ3n) is 3.41. The average Bonchev–Trinajstić information content (AvgIpc) is 2.61. The predicted octanol–water partition coefficient (Wildman–Crippen LogP) is 4.95. The molecule has 0 bridgehead atoms. The molecule has 0 aromatic heterocycles. The van der Waals surface area contributed by atoms with E-state index in [-0.39, 0.29) is 5.69 Å². The minimum Gasteiger partial charge on any atom is -0.322 e. The third kappa shape index (κ3) is 6.23. The fourth-order valence-electron chi connectivity index (χ4n) is 2.29. The summed E-state index contributed by atoms with van der Waals surface area (Å²) < 4.78 is 93.2. The van der Waals surface area contributed by atoms with E-state index in [1.54, 1.807) is 0 Å². The molecule has 0 atom stereocenters. The number of carbonyl (C=O) groups is 1. The Bertz CT molecular complexity index is 1010. The molecule has 30 heavy (non-hydrogen) atoms. The molecule has 0 heterocycles. The number of halogens is 5. The highest BCUT2D eigenvalue weighted by Gasteiger charge is 2.31. The molecule has 0 spiro atoms. The molecule has 0 aliphatic heterocycles. The van der Waals surface area contributed by atoms with Crippen LogP contribution in [-0.2, 0) is 16.2 Å². The van der Waals surface area contributed by atoms with Gasteiger partial charge in [0.15, 0.2) is 5.82 Å². The summed E-state index contributed by atoms with van der Waals surface area (Å²) in [5, 5.41) is 1.94. The van der Waals surface area contributed by atoms with Crippen LogP contribution in [0.25, 0.3) is 0 Å². The van der Waals surface area contributed by atoms with Crippen molar-refractivity contribution in [2.75, 3.05) is 5.32 Å². The predicted molar refractivity (Wildman–Crippen MR) is 103 cm³/mol. The van der Waals surface area contributed by atoms with E-state index < -0.39 is 55.8 Å². The molecule has 0 aliphatic rings. The summed E-state index contributed by atoms with van der Waals surface area (Å²) in [6, 6.07) is 4.05. The van der Waals surface area contributed by atoms with Crippen LogP contribution in [0.5, 0.6) is 0 Å². The van der Waals surface area contributed by atoms with Gasteiger partial charge in [-0.25, -0.2) is 21.9 Å². The van der Waals surface area contributed by atoms with Crippen molar-refractivity contribution in [3.63, 3.8) is 0 Å². The second kappa shape index (κ2) is 9.98. The molecule has 11 heteroatoms. The second-order valence-electron chi connectivity index (χ2n) is 6.04. The SMILES string of the molecule is CC.CC(C)NS(=O)(=O)c1ccc(F)c(C(=O)Nc2cccc(C(F)(F)F)c2)c1F. The molecule has 0 radical (unpaired) electrons. The highest BCUT2D eigenvalue weighted by molar-refractivity contribution is 7.89. The molecular formula is C19H21F5N2O3S. The monoisotopic (exact) mass is 452 g/mol. The first kappa shape index (κ1) is 25.5. The fourth-order valence-corrected chi connectivity index (χ4v) is 3.62. The molecule has 0 saturated heterocycles. The molecule has 5 nitrogen and oxygen atoms in total. The van der Waals surface area contributed by atoms with E-state index in [9.17, 15) is 35.2 Å². The molecule has 2 aromatic rings. The first-order valence-electron chi connectivity index (χ1n) is 8.82. The Hall–Kier alpha value is -2.53. The molecule has 166 valence electrons. The van der Waals surface area contributed by atoms with Gasteiger partial charge in [0.2, 0.25) is 10.0 Å². The van der Waals surface area contributed by atoms with Crippen molar-refractivity contribution in [2.45, 2.75) is 44.8 Å². The van der Waals surface area contributed by atoms with Gasteiger partial charge in [-0.15, -0.1) is 0 Å². The van der Waals surface area contributed by atoms with E-state index >= 15 is 0 Å². The van der Waals surface area contributed by atoms with E-state index in [4.69, 9.17) is 0 Å². The number of sulfonamides is 1. The number of hydrogen-bond donors (Lipinski definition) is 2. The zero-order valence-electron chi connectivity index (χ0n) is 16.6. The van der Waals surface area contributed by atoms with Crippen LogP contribution in [0.1, 0.15) is 43.6 Å². The first-order chi connectivity index (χ1) is 13.8. The van der Waals surface area contributed by atoms with Crippen molar-refractivity contribution in [1.29, 1.82) is 0 Å².